The third-order valence-electron chi connectivity index (χ3n) is 2.37. The molecule has 100 valence electrons. The van der Waals surface area contributed by atoms with Crippen molar-refractivity contribution < 1.29 is 4.42 Å². The minimum absolute atomic E-state index is 0.520. The van der Waals surface area contributed by atoms with Crippen molar-refractivity contribution in [1.82, 2.24) is 15.1 Å². The molecule has 0 bridgehead atoms. The molecule has 0 saturated heterocycles. The van der Waals surface area contributed by atoms with Crippen LogP contribution in [0.2, 0.25) is 0 Å². The number of hydrogen-bond donors (Lipinski definition) is 1. The predicted octanol–water partition coefficient (Wildman–Crippen LogP) is 2.72. The summed E-state index contributed by atoms with van der Waals surface area (Å²) >= 11 is 6.60. The molecule has 0 aliphatic rings. The van der Waals surface area contributed by atoms with Crippen LogP contribution in [0.25, 0.3) is 11.5 Å². The molecule has 0 atom stereocenters. The van der Waals surface area contributed by atoms with E-state index in [9.17, 15) is 0 Å². The fourth-order valence-electron chi connectivity index (χ4n) is 1.34. The number of anilines is 1. The van der Waals surface area contributed by atoms with Gasteiger partial charge in [-0.05, 0) is 42.7 Å². The van der Waals surface area contributed by atoms with Crippen molar-refractivity contribution in [2.75, 3.05) is 25.7 Å². The third-order valence-corrected chi connectivity index (χ3v) is 3.35. The van der Waals surface area contributed by atoms with Gasteiger partial charge in [0.25, 0.3) is 5.22 Å². The number of aromatic nitrogens is 2. The van der Waals surface area contributed by atoms with Gasteiger partial charge >= 0.3 is 0 Å². The monoisotopic (exact) mass is 294 g/mol. The lowest BCUT2D eigenvalue weighted by Gasteiger charge is -2.15. The topological polar surface area (TPSA) is 54.2 Å². The first-order valence-electron chi connectivity index (χ1n) is 5.56. The van der Waals surface area contributed by atoms with E-state index < -0.39 is 0 Å². The SMILES string of the molecule is CSc1nnc(-c2ccc(NC(=S)N(C)C)cc2)o1. The molecular formula is C12H14N4OS2. The summed E-state index contributed by atoms with van der Waals surface area (Å²) in [4.78, 5) is 1.84. The second-order valence-corrected chi connectivity index (χ2v) is 5.12. The maximum atomic E-state index is 5.46. The minimum Gasteiger partial charge on any atom is -0.411 e. The Kier molecular flexibility index (Phi) is 4.39. The average Bonchev–Trinajstić information content (AvgIpc) is 2.88. The Morgan fingerprint density at radius 1 is 1.26 bits per heavy atom. The highest BCUT2D eigenvalue weighted by molar-refractivity contribution is 7.98. The summed E-state index contributed by atoms with van der Waals surface area (Å²) in [7, 11) is 3.79. The Morgan fingerprint density at radius 2 is 1.95 bits per heavy atom. The van der Waals surface area contributed by atoms with Gasteiger partial charge in [0.2, 0.25) is 5.89 Å². The van der Waals surface area contributed by atoms with Gasteiger partial charge in [0.05, 0.1) is 0 Å². The van der Waals surface area contributed by atoms with Crippen LogP contribution >= 0.6 is 24.0 Å². The maximum absolute atomic E-state index is 5.46. The number of benzene rings is 1. The van der Waals surface area contributed by atoms with Gasteiger partial charge in [-0.2, -0.15) is 0 Å². The van der Waals surface area contributed by atoms with Crippen LogP contribution in [0.1, 0.15) is 0 Å². The Morgan fingerprint density at radius 3 is 2.47 bits per heavy atom. The van der Waals surface area contributed by atoms with Gasteiger partial charge in [-0.3, -0.25) is 0 Å². The molecule has 7 heteroatoms. The summed E-state index contributed by atoms with van der Waals surface area (Å²) in [6.45, 7) is 0. The Labute approximate surface area is 121 Å². The number of rotatable bonds is 3. The summed E-state index contributed by atoms with van der Waals surface area (Å²) in [5.74, 6) is 0.520. The molecule has 0 radical (unpaired) electrons. The van der Waals surface area contributed by atoms with Crippen LogP contribution in [0.4, 0.5) is 5.69 Å². The molecule has 0 unspecified atom stereocenters. The molecule has 1 heterocycles. The second kappa shape index (κ2) is 6.03. The number of nitrogens with zero attached hydrogens (tertiary/aromatic N) is 3. The van der Waals surface area contributed by atoms with E-state index in [0.29, 0.717) is 16.2 Å². The van der Waals surface area contributed by atoms with Gasteiger partial charge < -0.3 is 14.6 Å². The molecule has 1 N–H and O–H groups in total. The van der Waals surface area contributed by atoms with Crippen LogP contribution in [-0.2, 0) is 0 Å². The lowest BCUT2D eigenvalue weighted by atomic mass is 10.2. The Balaban J connectivity index is 2.12. The van der Waals surface area contributed by atoms with Gasteiger partial charge in [-0.25, -0.2) is 0 Å². The van der Waals surface area contributed by atoms with E-state index in [1.54, 1.807) is 0 Å². The van der Waals surface area contributed by atoms with Gasteiger partial charge in [-0.1, -0.05) is 11.8 Å². The molecule has 19 heavy (non-hydrogen) atoms. The van der Waals surface area contributed by atoms with Crippen LogP contribution in [0.5, 0.6) is 0 Å². The van der Waals surface area contributed by atoms with Crippen LogP contribution < -0.4 is 5.32 Å². The molecule has 0 fully saturated rings. The fraction of sp³-hybridized carbons (Fsp3) is 0.250. The molecule has 2 rings (SSSR count). The van der Waals surface area contributed by atoms with E-state index in [-0.39, 0.29) is 0 Å². The predicted molar refractivity (Wildman–Crippen MR) is 81.4 cm³/mol. The first kappa shape index (κ1) is 13.8. The molecular weight excluding hydrogens is 280 g/mol. The number of thioether (sulfide) groups is 1. The van der Waals surface area contributed by atoms with Crippen molar-refractivity contribution in [1.29, 1.82) is 0 Å². The molecule has 1 aromatic heterocycles. The molecule has 0 aliphatic heterocycles. The summed E-state index contributed by atoms with van der Waals surface area (Å²) in [5, 5.41) is 12.2. The molecule has 0 amide bonds. The molecule has 5 nitrogen and oxygen atoms in total. The van der Waals surface area contributed by atoms with E-state index >= 15 is 0 Å². The van der Waals surface area contributed by atoms with Crippen molar-refractivity contribution in [3.8, 4) is 11.5 Å². The van der Waals surface area contributed by atoms with Gasteiger partial charge in [0, 0.05) is 25.3 Å². The van der Waals surface area contributed by atoms with Crippen molar-refractivity contribution in [3.05, 3.63) is 24.3 Å². The zero-order chi connectivity index (χ0) is 13.8. The van der Waals surface area contributed by atoms with Gasteiger partial charge in [0.1, 0.15) is 0 Å². The first-order chi connectivity index (χ1) is 9.10. The van der Waals surface area contributed by atoms with E-state index in [0.717, 1.165) is 11.3 Å². The Bertz CT molecular complexity index is 565. The van der Waals surface area contributed by atoms with Crippen molar-refractivity contribution in [2.24, 2.45) is 0 Å². The Hall–Kier alpha value is -1.60. The van der Waals surface area contributed by atoms with Crippen molar-refractivity contribution in [2.45, 2.75) is 5.22 Å². The van der Waals surface area contributed by atoms with Gasteiger partial charge in [-0.15, -0.1) is 10.2 Å². The summed E-state index contributed by atoms with van der Waals surface area (Å²) in [6, 6.07) is 7.68. The smallest absolute Gasteiger partial charge is 0.276 e. The lowest BCUT2D eigenvalue weighted by Crippen LogP contribution is -2.26. The third kappa shape index (κ3) is 3.45. The van der Waals surface area contributed by atoms with Crippen LogP contribution in [0.3, 0.4) is 0 Å². The highest BCUT2D eigenvalue weighted by atomic mass is 32.2. The summed E-state index contributed by atoms with van der Waals surface area (Å²) in [5.41, 5.74) is 1.81. The number of nitrogens with one attached hydrogen (secondary N) is 1. The molecule has 0 aliphatic carbocycles. The zero-order valence-corrected chi connectivity index (χ0v) is 12.5. The molecule has 0 saturated carbocycles. The average molecular weight is 294 g/mol. The zero-order valence-electron chi connectivity index (χ0n) is 10.9. The normalized spacial score (nSPS) is 10.3. The van der Waals surface area contributed by atoms with Crippen LogP contribution in [0.15, 0.2) is 33.9 Å². The minimum atomic E-state index is 0.520. The van der Waals surface area contributed by atoms with Gasteiger partial charge in [0.15, 0.2) is 5.11 Å². The van der Waals surface area contributed by atoms with E-state index in [2.05, 4.69) is 15.5 Å². The van der Waals surface area contributed by atoms with E-state index in [1.165, 1.54) is 11.8 Å². The summed E-state index contributed by atoms with van der Waals surface area (Å²) < 4.78 is 5.46. The standard InChI is InChI=1S/C12H14N4OS2/c1-16(2)11(18)13-9-6-4-8(5-7-9)10-14-15-12(17-10)19-3/h4-7H,1-3H3,(H,13,18). The lowest BCUT2D eigenvalue weighted by molar-refractivity contribution is 0.466. The second-order valence-electron chi connectivity index (χ2n) is 3.98. The fourth-order valence-corrected chi connectivity index (χ4v) is 1.74. The quantitative estimate of drug-likeness (QED) is 0.690. The van der Waals surface area contributed by atoms with Crippen LogP contribution in [-0.4, -0.2) is 40.6 Å². The van der Waals surface area contributed by atoms with Crippen molar-refractivity contribution >= 4 is 34.8 Å². The number of hydrogen-bond acceptors (Lipinski definition) is 5. The highest BCUT2D eigenvalue weighted by Crippen LogP contribution is 2.23. The molecule has 2 aromatic rings. The molecule has 0 spiro atoms. The van der Waals surface area contributed by atoms with Crippen LogP contribution in [0, 0.1) is 0 Å². The summed E-state index contributed by atoms with van der Waals surface area (Å²) in [6.07, 6.45) is 1.90. The maximum Gasteiger partial charge on any atom is 0.276 e. The van der Waals surface area contributed by atoms with Crippen molar-refractivity contribution in [3.63, 3.8) is 0 Å². The largest absolute Gasteiger partial charge is 0.411 e. The van der Waals surface area contributed by atoms with E-state index in [4.69, 9.17) is 16.6 Å². The van der Waals surface area contributed by atoms with E-state index in [1.807, 2.05) is 49.5 Å². The first-order valence-corrected chi connectivity index (χ1v) is 7.19. The number of thiocarbonyl (C=S) groups is 1. The highest BCUT2D eigenvalue weighted by Gasteiger charge is 2.07. The molecule has 1 aromatic carbocycles.